The van der Waals surface area contributed by atoms with Gasteiger partial charge in [-0.1, -0.05) is 12.1 Å². The number of hydrogen-bond acceptors (Lipinski definition) is 3. The highest BCUT2D eigenvalue weighted by atomic mass is 16.5. The fourth-order valence-electron chi connectivity index (χ4n) is 1.12. The second kappa shape index (κ2) is 6.03. The van der Waals surface area contributed by atoms with Crippen molar-refractivity contribution in [3.05, 3.63) is 29.8 Å². The van der Waals surface area contributed by atoms with Crippen molar-refractivity contribution < 1.29 is 9.47 Å². The van der Waals surface area contributed by atoms with Gasteiger partial charge in [0.1, 0.15) is 18.2 Å². The van der Waals surface area contributed by atoms with Crippen molar-refractivity contribution in [1.29, 1.82) is 5.41 Å². The largest absolute Gasteiger partial charge is 0.491 e. The predicted octanol–water partition coefficient (Wildman–Crippen LogP) is 1.39. The molecule has 0 aliphatic carbocycles. The summed E-state index contributed by atoms with van der Waals surface area (Å²) in [6.45, 7) is 3.71. The molecule has 0 aromatic heterocycles. The van der Waals surface area contributed by atoms with Gasteiger partial charge in [0.25, 0.3) is 0 Å². The van der Waals surface area contributed by atoms with Crippen molar-refractivity contribution in [2.45, 2.75) is 6.92 Å². The Bertz CT molecular complexity index is 326. The van der Waals surface area contributed by atoms with Gasteiger partial charge in [-0.2, -0.15) is 0 Å². The number of ether oxygens (including phenoxy) is 2. The lowest BCUT2D eigenvalue weighted by atomic mass is 10.2. The molecule has 0 unspecified atom stereocenters. The maximum Gasteiger partial charge on any atom is 0.122 e. The Morgan fingerprint density at radius 1 is 1.40 bits per heavy atom. The van der Waals surface area contributed by atoms with E-state index in [0.717, 1.165) is 0 Å². The molecule has 0 fully saturated rings. The normalized spacial score (nSPS) is 9.93. The van der Waals surface area contributed by atoms with E-state index in [1.165, 1.54) is 0 Å². The van der Waals surface area contributed by atoms with Crippen LogP contribution in [0.15, 0.2) is 24.3 Å². The smallest absolute Gasteiger partial charge is 0.122 e. The number of hydrogen-bond donors (Lipinski definition) is 2. The molecule has 1 aromatic rings. The number of benzene rings is 1. The number of nitrogen functional groups attached to an aromatic ring is 1. The van der Waals surface area contributed by atoms with Crippen LogP contribution in [0.1, 0.15) is 12.5 Å². The minimum atomic E-state index is 0.0465. The van der Waals surface area contributed by atoms with Crippen LogP contribution < -0.4 is 10.5 Å². The van der Waals surface area contributed by atoms with Crippen LogP contribution in [0.3, 0.4) is 0 Å². The van der Waals surface area contributed by atoms with Crippen molar-refractivity contribution in [3.8, 4) is 5.75 Å². The Morgan fingerprint density at radius 2 is 2.20 bits per heavy atom. The highest BCUT2D eigenvalue weighted by Gasteiger charge is 1.98. The Morgan fingerprint density at radius 3 is 2.87 bits per heavy atom. The highest BCUT2D eigenvalue weighted by Crippen LogP contribution is 2.12. The molecule has 0 amide bonds. The van der Waals surface area contributed by atoms with Crippen LogP contribution in [0.5, 0.6) is 5.75 Å². The SMILES string of the molecule is CCOCCOc1cccc(C(=N)N)c1. The van der Waals surface area contributed by atoms with Crippen molar-refractivity contribution in [3.63, 3.8) is 0 Å². The first-order chi connectivity index (χ1) is 7.24. The number of nitrogens with one attached hydrogen (secondary N) is 1. The maximum absolute atomic E-state index is 7.27. The molecular formula is C11H16N2O2. The van der Waals surface area contributed by atoms with Crippen molar-refractivity contribution in [2.24, 2.45) is 5.73 Å². The quantitative estimate of drug-likeness (QED) is 0.421. The summed E-state index contributed by atoms with van der Waals surface area (Å²) >= 11 is 0. The molecular weight excluding hydrogens is 192 g/mol. The molecule has 1 aromatic carbocycles. The van der Waals surface area contributed by atoms with E-state index >= 15 is 0 Å². The number of amidine groups is 1. The molecule has 0 bridgehead atoms. The molecule has 1 rings (SSSR count). The fourth-order valence-corrected chi connectivity index (χ4v) is 1.12. The molecule has 0 radical (unpaired) electrons. The highest BCUT2D eigenvalue weighted by molar-refractivity contribution is 5.95. The average Bonchev–Trinajstić information content (AvgIpc) is 2.25. The molecule has 0 saturated carbocycles. The molecule has 4 heteroatoms. The summed E-state index contributed by atoms with van der Waals surface area (Å²) in [5.41, 5.74) is 6.03. The van der Waals surface area contributed by atoms with E-state index in [9.17, 15) is 0 Å². The first-order valence-electron chi connectivity index (χ1n) is 4.89. The molecule has 0 aliphatic rings. The molecule has 3 N–H and O–H groups in total. The van der Waals surface area contributed by atoms with Crippen LogP contribution in [0, 0.1) is 5.41 Å². The molecule has 82 valence electrons. The summed E-state index contributed by atoms with van der Waals surface area (Å²) in [5.74, 6) is 0.757. The zero-order valence-electron chi connectivity index (χ0n) is 8.82. The third-order valence-electron chi connectivity index (χ3n) is 1.85. The molecule has 0 heterocycles. The third kappa shape index (κ3) is 3.99. The Hall–Kier alpha value is -1.55. The summed E-state index contributed by atoms with van der Waals surface area (Å²) in [6.07, 6.45) is 0. The lowest BCUT2D eigenvalue weighted by molar-refractivity contribution is 0.110. The van der Waals surface area contributed by atoms with Gasteiger partial charge in [0, 0.05) is 12.2 Å². The van der Waals surface area contributed by atoms with Crippen molar-refractivity contribution in [1.82, 2.24) is 0 Å². The Labute approximate surface area is 89.5 Å². The standard InChI is InChI=1S/C11H16N2O2/c1-2-14-6-7-15-10-5-3-4-9(8-10)11(12)13/h3-5,8H,2,6-7H2,1H3,(H3,12,13). The van der Waals surface area contributed by atoms with E-state index in [-0.39, 0.29) is 5.84 Å². The van der Waals surface area contributed by atoms with Crippen LogP contribution in [0.25, 0.3) is 0 Å². The van der Waals surface area contributed by atoms with E-state index in [1.54, 1.807) is 12.1 Å². The van der Waals surface area contributed by atoms with Gasteiger partial charge in [-0.3, -0.25) is 5.41 Å². The van der Waals surface area contributed by atoms with Crippen molar-refractivity contribution >= 4 is 5.84 Å². The van der Waals surface area contributed by atoms with Gasteiger partial charge in [0.15, 0.2) is 0 Å². The van der Waals surface area contributed by atoms with Crippen LogP contribution in [-0.4, -0.2) is 25.7 Å². The van der Waals surface area contributed by atoms with Gasteiger partial charge in [-0.15, -0.1) is 0 Å². The van der Waals surface area contributed by atoms with Crippen LogP contribution >= 0.6 is 0 Å². The predicted molar refractivity (Wildman–Crippen MR) is 59.4 cm³/mol. The van der Waals surface area contributed by atoms with Gasteiger partial charge >= 0.3 is 0 Å². The first-order valence-corrected chi connectivity index (χ1v) is 4.89. The minimum Gasteiger partial charge on any atom is -0.491 e. The Kier molecular flexibility index (Phi) is 4.63. The minimum absolute atomic E-state index is 0.0465. The third-order valence-corrected chi connectivity index (χ3v) is 1.85. The fraction of sp³-hybridized carbons (Fsp3) is 0.364. The topological polar surface area (TPSA) is 68.3 Å². The van der Waals surface area contributed by atoms with Gasteiger partial charge in [0.2, 0.25) is 0 Å². The van der Waals surface area contributed by atoms with Gasteiger partial charge < -0.3 is 15.2 Å². The molecule has 0 atom stereocenters. The summed E-state index contributed by atoms with van der Waals surface area (Å²) in [6, 6.07) is 7.16. The first kappa shape index (κ1) is 11.5. The summed E-state index contributed by atoms with van der Waals surface area (Å²) in [4.78, 5) is 0. The van der Waals surface area contributed by atoms with Crippen LogP contribution in [-0.2, 0) is 4.74 Å². The summed E-state index contributed by atoms with van der Waals surface area (Å²) < 4.78 is 10.6. The van der Waals surface area contributed by atoms with Gasteiger partial charge in [-0.05, 0) is 19.1 Å². The summed E-state index contributed by atoms with van der Waals surface area (Å²) in [5, 5.41) is 7.27. The second-order valence-electron chi connectivity index (χ2n) is 2.99. The van der Waals surface area contributed by atoms with E-state index in [2.05, 4.69) is 0 Å². The number of rotatable bonds is 6. The monoisotopic (exact) mass is 208 g/mol. The van der Waals surface area contributed by atoms with E-state index in [4.69, 9.17) is 20.6 Å². The van der Waals surface area contributed by atoms with Gasteiger partial charge in [-0.25, -0.2) is 0 Å². The lowest BCUT2D eigenvalue weighted by Gasteiger charge is -2.07. The van der Waals surface area contributed by atoms with E-state index < -0.39 is 0 Å². The molecule has 4 nitrogen and oxygen atoms in total. The van der Waals surface area contributed by atoms with Crippen LogP contribution in [0.4, 0.5) is 0 Å². The zero-order valence-corrected chi connectivity index (χ0v) is 8.82. The van der Waals surface area contributed by atoms with Crippen LogP contribution in [0.2, 0.25) is 0 Å². The lowest BCUT2D eigenvalue weighted by Crippen LogP contribution is -2.11. The maximum atomic E-state index is 7.27. The van der Waals surface area contributed by atoms with E-state index in [0.29, 0.717) is 31.1 Å². The van der Waals surface area contributed by atoms with Crippen molar-refractivity contribution in [2.75, 3.05) is 19.8 Å². The van der Waals surface area contributed by atoms with Gasteiger partial charge in [0.05, 0.1) is 6.61 Å². The Balaban J connectivity index is 2.47. The zero-order chi connectivity index (χ0) is 11.1. The second-order valence-corrected chi connectivity index (χ2v) is 2.99. The summed E-state index contributed by atoms with van der Waals surface area (Å²) in [7, 11) is 0. The molecule has 0 saturated heterocycles. The number of nitrogens with two attached hydrogens (primary N) is 1. The van der Waals surface area contributed by atoms with E-state index in [1.807, 2.05) is 19.1 Å². The molecule has 15 heavy (non-hydrogen) atoms. The molecule has 0 spiro atoms. The molecule has 0 aliphatic heterocycles. The average molecular weight is 208 g/mol.